The summed E-state index contributed by atoms with van der Waals surface area (Å²) in [5.41, 5.74) is 5.40. The molecule has 1 unspecified atom stereocenters. The van der Waals surface area contributed by atoms with Crippen LogP contribution in [0, 0.1) is 19.3 Å². The molecule has 3 aromatic rings. The van der Waals surface area contributed by atoms with Crippen LogP contribution in [0.4, 0.5) is 5.95 Å². The number of allylic oxidation sites excluding steroid dienone is 1. The van der Waals surface area contributed by atoms with E-state index in [1.165, 1.54) is 36.6 Å². The number of hydrogen-bond acceptors (Lipinski definition) is 8. The van der Waals surface area contributed by atoms with Crippen molar-refractivity contribution in [2.45, 2.75) is 32.6 Å². The van der Waals surface area contributed by atoms with Crippen molar-refractivity contribution in [3.05, 3.63) is 76.3 Å². The minimum atomic E-state index is 0.418. The molecule has 2 heterocycles. The van der Waals surface area contributed by atoms with Gasteiger partial charge in [0.15, 0.2) is 0 Å². The Morgan fingerprint density at radius 3 is 2.66 bits per heavy atom. The Kier molecular flexibility index (Phi) is 8.39. The largest absolute Gasteiger partial charge is 0.439 e. The van der Waals surface area contributed by atoms with Crippen molar-refractivity contribution in [3.63, 3.8) is 0 Å². The second kappa shape index (κ2) is 11.9. The summed E-state index contributed by atoms with van der Waals surface area (Å²) in [6.07, 6.45) is 5.38. The summed E-state index contributed by atoms with van der Waals surface area (Å²) in [5, 5.41) is 14.0. The summed E-state index contributed by atoms with van der Waals surface area (Å²) in [5.74, 6) is 2.14. The average Bonchev–Trinajstić information content (AvgIpc) is 2.87. The molecule has 0 aliphatic carbocycles. The fourth-order valence-corrected chi connectivity index (χ4v) is 4.84. The summed E-state index contributed by atoms with van der Waals surface area (Å²) in [6, 6.07) is 16.4. The number of aromatic nitrogens is 2. The van der Waals surface area contributed by atoms with Gasteiger partial charge in [0, 0.05) is 37.6 Å². The lowest BCUT2D eigenvalue weighted by atomic mass is 9.92. The van der Waals surface area contributed by atoms with E-state index in [1.807, 2.05) is 24.3 Å². The summed E-state index contributed by atoms with van der Waals surface area (Å²) in [4.78, 5) is 10.1. The molecule has 1 aromatic heterocycles. The molecule has 1 atom stereocenters. The van der Waals surface area contributed by atoms with Crippen molar-refractivity contribution in [1.82, 2.24) is 20.6 Å². The third kappa shape index (κ3) is 6.41. The zero-order chi connectivity index (χ0) is 24.6. The molecule has 1 fully saturated rings. The standard InChI is InChI=1S/C27H32N6OS/c1-18-7-4-8-19(2)26(18)24-14-25(32-27(31-24)33-35-23(15-28)17-29-3)34-22-11-5-9-20(13-22)21-10-6-12-30-16-21/h4-5,7-9,11,13-15,17,21,28-30H,6,10,12,16H2,1-3H3,(H,31,32,33)/b23-17+,28-15?. The Labute approximate surface area is 211 Å². The van der Waals surface area contributed by atoms with Crippen LogP contribution in [0.15, 0.2) is 59.6 Å². The molecule has 0 amide bonds. The van der Waals surface area contributed by atoms with Crippen LogP contribution in [-0.2, 0) is 0 Å². The van der Waals surface area contributed by atoms with Crippen LogP contribution in [0.3, 0.4) is 0 Å². The van der Waals surface area contributed by atoms with Crippen LogP contribution in [0.2, 0.25) is 0 Å². The second-order valence-electron chi connectivity index (χ2n) is 8.58. The maximum atomic E-state index is 7.59. The lowest BCUT2D eigenvalue weighted by Gasteiger charge is -2.23. The van der Waals surface area contributed by atoms with E-state index in [1.54, 1.807) is 13.2 Å². The number of anilines is 1. The Balaban J connectivity index is 1.66. The van der Waals surface area contributed by atoms with Gasteiger partial charge in [-0.25, -0.2) is 4.98 Å². The summed E-state index contributed by atoms with van der Waals surface area (Å²) < 4.78 is 9.45. The maximum absolute atomic E-state index is 7.59. The molecule has 0 bridgehead atoms. The number of aryl methyl sites for hydroxylation is 2. The van der Waals surface area contributed by atoms with Gasteiger partial charge in [-0.2, -0.15) is 4.98 Å². The van der Waals surface area contributed by atoms with E-state index >= 15 is 0 Å². The molecular weight excluding hydrogens is 456 g/mol. The molecular formula is C27H32N6OS. The van der Waals surface area contributed by atoms with Crippen molar-refractivity contribution >= 4 is 24.1 Å². The molecule has 7 nitrogen and oxygen atoms in total. The Hall–Kier alpha value is -3.36. The average molecular weight is 489 g/mol. The normalized spacial score (nSPS) is 16.0. The van der Waals surface area contributed by atoms with Crippen molar-refractivity contribution in [2.24, 2.45) is 0 Å². The SMILES string of the molecule is CN/C=C(\C=N)SNc1nc(Oc2cccc(C3CCCNC3)c2)cc(-c2c(C)cccc2C)n1. The first kappa shape index (κ1) is 24.8. The number of rotatable bonds is 9. The first-order chi connectivity index (χ1) is 17.1. The topological polar surface area (TPSA) is 95.0 Å². The van der Waals surface area contributed by atoms with Crippen LogP contribution in [0.25, 0.3) is 11.3 Å². The van der Waals surface area contributed by atoms with Gasteiger partial charge in [0.05, 0.1) is 10.6 Å². The van der Waals surface area contributed by atoms with Gasteiger partial charge < -0.3 is 20.8 Å². The molecule has 1 aliphatic rings. The molecule has 0 radical (unpaired) electrons. The Morgan fingerprint density at radius 2 is 1.94 bits per heavy atom. The highest BCUT2D eigenvalue weighted by molar-refractivity contribution is 8.05. The van der Waals surface area contributed by atoms with Gasteiger partial charge in [-0.05, 0) is 79.9 Å². The van der Waals surface area contributed by atoms with Crippen molar-refractivity contribution in [3.8, 4) is 22.9 Å². The maximum Gasteiger partial charge on any atom is 0.237 e. The highest BCUT2D eigenvalue weighted by atomic mass is 32.2. The van der Waals surface area contributed by atoms with E-state index in [2.05, 4.69) is 58.5 Å². The molecule has 0 saturated carbocycles. The van der Waals surface area contributed by atoms with E-state index in [-0.39, 0.29) is 0 Å². The van der Waals surface area contributed by atoms with Gasteiger partial charge in [0.25, 0.3) is 0 Å². The predicted octanol–water partition coefficient (Wildman–Crippen LogP) is 5.79. The third-order valence-corrected chi connectivity index (χ3v) is 6.73. The summed E-state index contributed by atoms with van der Waals surface area (Å²) in [7, 11) is 1.80. The third-order valence-electron chi connectivity index (χ3n) is 5.98. The van der Waals surface area contributed by atoms with Crippen LogP contribution < -0.4 is 20.1 Å². The van der Waals surface area contributed by atoms with Gasteiger partial charge in [0.2, 0.25) is 11.8 Å². The molecule has 1 aliphatic heterocycles. The van der Waals surface area contributed by atoms with E-state index < -0.39 is 0 Å². The number of benzene rings is 2. The molecule has 4 rings (SSSR count). The van der Waals surface area contributed by atoms with Gasteiger partial charge >= 0.3 is 0 Å². The number of nitrogens with zero attached hydrogens (tertiary/aromatic N) is 2. The van der Waals surface area contributed by atoms with Crippen LogP contribution in [0.5, 0.6) is 11.6 Å². The van der Waals surface area contributed by atoms with Crippen molar-refractivity contribution in [2.75, 3.05) is 24.9 Å². The first-order valence-electron chi connectivity index (χ1n) is 11.8. The van der Waals surface area contributed by atoms with Crippen molar-refractivity contribution in [1.29, 1.82) is 5.41 Å². The van der Waals surface area contributed by atoms with E-state index in [4.69, 9.17) is 15.1 Å². The zero-order valence-electron chi connectivity index (χ0n) is 20.4. The van der Waals surface area contributed by atoms with Crippen LogP contribution in [-0.4, -0.2) is 36.3 Å². The molecule has 182 valence electrons. The fourth-order valence-electron chi connectivity index (χ4n) is 4.31. The van der Waals surface area contributed by atoms with Gasteiger partial charge in [-0.1, -0.05) is 30.3 Å². The monoisotopic (exact) mass is 488 g/mol. The Morgan fingerprint density at radius 1 is 1.14 bits per heavy atom. The minimum Gasteiger partial charge on any atom is -0.439 e. The minimum absolute atomic E-state index is 0.418. The molecule has 8 heteroatoms. The van der Waals surface area contributed by atoms with Gasteiger partial charge in [-0.15, -0.1) is 0 Å². The predicted molar refractivity (Wildman–Crippen MR) is 145 cm³/mol. The van der Waals surface area contributed by atoms with E-state index in [0.29, 0.717) is 22.7 Å². The number of hydrogen-bond donors (Lipinski definition) is 4. The molecule has 4 N–H and O–H groups in total. The number of ether oxygens (including phenoxy) is 1. The zero-order valence-corrected chi connectivity index (χ0v) is 21.2. The lowest BCUT2D eigenvalue weighted by molar-refractivity contribution is 0.449. The smallest absolute Gasteiger partial charge is 0.237 e. The first-order valence-corrected chi connectivity index (χ1v) is 12.6. The molecule has 1 saturated heterocycles. The van der Waals surface area contributed by atoms with Crippen LogP contribution in [0.1, 0.15) is 35.4 Å². The number of piperidine rings is 1. The molecule has 2 aromatic carbocycles. The number of nitrogens with one attached hydrogen (secondary N) is 4. The lowest BCUT2D eigenvalue weighted by Crippen LogP contribution is -2.28. The fraction of sp³-hybridized carbons (Fsp3) is 0.296. The van der Waals surface area contributed by atoms with E-state index in [9.17, 15) is 0 Å². The van der Waals surface area contributed by atoms with Gasteiger partial charge in [0.1, 0.15) is 5.75 Å². The molecule has 0 spiro atoms. The van der Waals surface area contributed by atoms with E-state index in [0.717, 1.165) is 41.2 Å². The highest BCUT2D eigenvalue weighted by Gasteiger charge is 2.17. The molecule has 35 heavy (non-hydrogen) atoms. The quantitative estimate of drug-likeness (QED) is 0.224. The van der Waals surface area contributed by atoms with Crippen molar-refractivity contribution < 1.29 is 4.74 Å². The Bertz CT molecular complexity index is 1190. The second-order valence-corrected chi connectivity index (χ2v) is 9.46. The summed E-state index contributed by atoms with van der Waals surface area (Å²) >= 11 is 1.27. The van der Waals surface area contributed by atoms with Crippen LogP contribution >= 0.6 is 11.9 Å². The van der Waals surface area contributed by atoms with Gasteiger partial charge in [-0.3, -0.25) is 4.72 Å². The highest BCUT2D eigenvalue weighted by Crippen LogP contribution is 2.32. The summed E-state index contributed by atoms with van der Waals surface area (Å²) in [6.45, 7) is 6.24.